The molecule has 1 aliphatic heterocycles. The molecule has 1 amide bonds. The second-order valence-corrected chi connectivity index (χ2v) is 8.41. The summed E-state index contributed by atoms with van der Waals surface area (Å²) in [6, 6.07) is 5.56. The predicted molar refractivity (Wildman–Crippen MR) is 113 cm³/mol. The maximum atomic E-state index is 12.8. The number of benzene rings is 1. The van der Waals surface area contributed by atoms with Gasteiger partial charge in [-0.1, -0.05) is 24.4 Å². The average Bonchev–Trinajstić information content (AvgIpc) is 3.30. The Hall–Kier alpha value is -2.57. The minimum absolute atomic E-state index is 0.0930. The zero-order chi connectivity index (χ0) is 20.9. The van der Waals surface area contributed by atoms with Gasteiger partial charge in [0.05, 0.1) is 20.1 Å². The van der Waals surface area contributed by atoms with E-state index in [1.807, 2.05) is 23.1 Å². The van der Waals surface area contributed by atoms with Crippen LogP contribution < -0.4 is 9.47 Å². The van der Waals surface area contributed by atoms with E-state index in [0.717, 1.165) is 24.9 Å². The Balaban J connectivity index is 1.42. The summed E-state index contributed by atoms with van der Waals surface area (Å²) in [5.41, 5.74) is 0.809. The minimum Gasteiger partial charge on any atom is -0.493 e. The van der Waals surface area contributed by atoms with Crippen LogP contribution in [0, 0.1) is 5.92 Å². The lowest BCUT2D eigenvalue weighted by molar-refractivity contribution is -0.133. The Morgan fingerprint density at radius 1 is 1.10 bits per heavy atom. The number of nitrogens with zero attached hydrogens (tertiary/aromatic N) is 3. The molecule has 0 N–H and O–H groups in total. The normalized spacial score (nSPS) is 20.2. The Bertz CT molecular complexity index is 860. The topological polar surface area (TPSA) is 77.7 Å². The number of amides is 1. The number of likely N-dealkylation sites (tertiary alicyclic amines) is 1. The number of ether oxygens (including phenoxy) is 2. The molecule has 1 aliphatic carbocycles. The van der Waals surface area contributed by atoms with Gasteiger partial charge in [0.1, 0.15) is 0 Å². The first-order valence-electron chi connectivity index (χ1n) is 11.0. The summed E-state index contributed by atoms with van der Waals surface area (Å²) >= 11 is 0. The van der Waals surface area contributed by atoms with Gasteiger partial charge >= 0.3 is 0 Å². The molecule has 162 valence electrons. The molecule has 2 aromatic rings. The van der Waals surface area contributed by atoms with Crippen LogP contribution in [0.15, 0.2) is 22.7 Å². The molecule has 0 unspecified atom stereocenters. The average molecular weight is 414 g/mol. The van der Waals surface area contributed by atoms with E-state index in [1.165, 1.54) is 32.1 Å². The van der Waals surface area contributed by atoms with Gasteiger partial charge in [-0.05, 0) is 49.8 Å². The van der Waals surface area contributed by atoms with Crippen LogP contribution in [0.5, 0.6) is 11.5 Å². The molecule has 7 nitrogen and oxygen atoms in total. The van der Waals surface area contributed by atoms with Gasteiger partial charge in [-0.25, -0.2) is 0 Å². The quantitative estimate of drug-likeness (QED) is 0.697. The van der Waals surface area contributed by atoms with Gasteiger partial charge in [0.25, 0.3) is 0 Å². The smallest absolute Gasteiger partial charge is 0.231 e. The molecule has 1 aromatic carbocycles. The van der Waals surface area contributed by atoms with Crippen molar-refractivity contribution < 1.29 is 18.8 Å². The lowest BCUT2D eigenvalue weighted by atomic mass is 9.86. The summed E-state index contributed by atoms with van der Waals surface area (Å²) in [6.45, 7) is 1.50. The van der Waals surface area contributed by atoms with Gasteiger partial charge in [0, 0.05) is 25.1 Å². The number of aromatic nitrogens is 2. The van der Waals surface area contributed by atoms with E-state index in [9.17, 15) is 4.79 Å². The van der Waals surface area contributed by atoms with E-state index in [4.69, 9.17) is 14.0 Å². The fraction of sp³-hybridized carbons (Fsp3) is 0.609. The van der Waals surface area contributed by atoms with E-state index in [-0.39, 0.29) is 11.8 Å². The molecule has 2 fully saturated rings. The van der Waals surface area contributed by atoms with Crippen LogP contribution in [-0.2, 0) is 4.79 Å². The second kappa shape index (κ2) is 9.49. The van der Waals surface area contributed by atoms with Crippen molar-refractivity contribution in [1.82, 2.24) is 15.0 Å². The minimum atomic E-state index is 0.0930. The third-order valence-corrected chi connectivity index (χ3v) is 6.39. The van der Waals surface area contributed by atoms with Gasteiger partial charge in [-0.15, -0.1) is 0 Å². The van der Waals surface area contributed by atoms with Crippen molar-refractivity contribution in [3.8, 4) is 22.9 Å². The van der Waals surface area contributed by atoms with E-state index >= 15 is 0 Å². The molecule has 1 saturated carbocycles. The molecule has 0 spiro atoms. The van der Waals surface area contributed by atoms with Crippen LogP contribution in [0.3, 0.4) is 0 Å². The zero-order valence-electron chi connectivity index (χ0n) is 17.9. The van der Waals surface area contributed by atoms with Gasteiger partial charge in [-0.2, -0.15) is 4.98 Å². The highest BCUT2D eigenvalue weighted by Crippen LogP contribution is 2.33. The van der Waals surface area contributed by atoms with Crippen molar-refractivity contribution in [2.45, 2.75) is 57.3 Å². The summed E-state index contributed by atoms with van der Waals surface area (Å²) in [4.78, 5) is 19.5. The van der Waals surface area contributed by atoms with Crippen LogP contribution >= 0.6 is 0 Å². The van der Waals surface area contributed by atoms with Crippen LogP contribution in [-0.4, -0.2) is 48.3 Å². The van der Waals surface area contributed by atoms with Crippen molar-refractivity contribution in [2.24, 2.45) is 5.92 Å². The largest absolute Gasteiger partial charge is 0.493 e. The van der Waals surface area contributed by atoms with E-state index in [1.54, 1.807) is 14.2 Å². The summed E-state index contributed by atoms with van der Waals surface area (Å²) in [5, 5.41) is 4.17. The number of hydrogen-bond acceptors (Lipinski definition) is 6. The summed E-state index contributed by atoms with van der Waals surface area (Å²) in [6.07, 6.45) is 8.85. The molecule has 7 heteroatoms. The molecule has 0 bridgehead atoms. The first-order valence-corrected chi connectivity index (χ1v) is 11.0. The van der Waals surface area contributed by atoms with E-state index in [2.05, 4.69) is 10.1 Å². The van der Waals surface area contributed by atoms with Crippen LogP contribution in [0.1, 0.15) is 63.2 Å². The molecule has 0 radical (unpaired) electrons. The van der Waals surface area contributed by atoms with Gasteiger partial charge in [-0.3, -0.25) is 4.79 Å². The van der Waals surface area contributed by atoms with E-state index in [0.29, 0.717) is 42.1 Å². The number of piperidine rings is 1. The maximum absolute atomic E-state index is 12.8. The fourth-order valence-corrected chi connectivity index (χ4v) is 4.67. The molecular weight excluding hydrogens is 382 g/mol. The Morgan fingerprint density at radius 2 is 1.90 bits per heavy atom. The summed E-state index contributed by atoms with van der Waals surface area (Å²) < 4.78 is 16.3. The van der Waals surface area contributed by atoms with Crippen LogP contribution in [0.4, 0.5) is 0 Å². The predicted octanol–water partition coefficient (Wildman–Crippen LogP) is 4.43. The molecule has 30 heavy (non-hydrogen) atoms. The second-order valence-electron chi connectivity index (χ2n) is 8.41. The van der Waals surface area contributed by atoms with Crippen LogP contribution in [0.2, 0.25) is 0 Å². The van der Waals surface area contributed by atoms with Crippen molar-refractivity contribution >= 4 is 5.91 Å². The highest BCUT2D eigenvalue weighted by Gasteiger charge is 2.30. The monoisotopic (exact) mass is 413 g/mol. The number of hydrogen-bond donors (Lipinski definition) is 0. The maximum Gasteiger partial charge on any atom is 0.231 e. The molecule has 2 aliphatic rings. The molecule has 1 atom stereocenters. The number of rotatable bonds is 6. The van der Waals surface area contributed by atoms with Crippen molar-refractivity contribution in [3.63, 3.8) is 0 Å². The molecular formula is C23H31N3O4. The van der Waals surface area contributed by atoms with Crippen molar-refractivity contribution in [3.05, 3.63) is 24.1 Å². The Kier molecular flexibility index (Phi) is 6.55. The highest BCUT2D eigenvalue weighted by molar-refractivity contribution is 5.76. The Labute approximate surface area is 177 Å². The molecule has 4 rings (SSSR count). The lowest BCUT2D eigenvalue weighted by Gasteiger charge is -2.32. The first kappa shape index (κ1) is 20.7. The van der Waals surface area contributed by atoms with Crippen molar-refractivity contribution in [2.75, 3.05) is 27.3 Å². The lowest BCUT2D eigenvalue weighted by Crippen LogP contribution is -2.40. The van der Waals surface area contributed by atoms with Gasteiger partial charge in [0.15, 0.2) is 11.5 Å². The van der Waals surface area contributed by atoms with Crippen molar-refractivity contribution in [1.29, 1.82) is 0 Å². The first-order chi connectivity index (χ1) is 14.7. The molecule has 1 aromatic heterocycles. The SMILES string of the molecule is COc1ccc(-c2noc([C@@H]3CCCN(C(=O)CC4CCCCC4)C3)n2)cc1OC. The van der Waals surface area contributed by atoms with Gasteiger partial charge < -0.3 is 18.9 Å². The number of carbonyl (C=O) groups is 1. The standard InChI is InChI=1S/C23H31N3O4/c1-28-19-11-10-17(14-20(19)29-2)22-24-23(30-25-22)18-9-6-12-26(15-18)21(27)13-16-7-4-3-5-8-16/h10-11,14,16,18H,3-9,12-13,15H2,1-2H3/t18-/m1/s1. The number of methoxy groups -OCH3 is 2. The molecule has 1 saturated heterocycles. The number of carbonyl (C=O) groups excluding carboxylic acids is 1. The van der Waals surface area contributed by atoms with E-state index < -0.39 is 0 Å². The third-order valence-electron chi connectivity index (χ3n) is 6.39. The summed E-state index contributed by atoms with van der Waals surface area (Å²) in [7, 11) is 3.21. The van der Waals surface area contributed by atoms with Gasteiger partial charge in [0.2, 0.25) is 17.6 Å². The third kappa shape index (κ3) is 4.60. The van der Waals surface area contributed by atoms with Crippen LogP contribution in [0.25, 0.3) is 11.4 Å². The zero-order valence-corrected chi connectivity index (χ0v) is 17.9. The molecule has 2 heterocycles. The summed E-state index contributed by atoms with van der Waals surface area (Å²) in [5.74, 6) is 3.35. The Morgan fingerprint density at radius 3 is 2.67 bits per heavy atom. The fourth-order valence-electron chi connectivity index (χ4n) is 4.67. The highest BCUT2D eigenvalue weighted by atomic mass is 16.5.